The summed E-state index contributed by atoms with van der Waals surface area (Å²) in [6, 6.07) is 12.1. The number of H-pyrrole nitrogens is 1. The zero-order valence-electron chi connectivity index (χ0n) is 18.4. The summed E-state index contributed by atoms with van der Waals surface area (Å²) < 4.78 is 6.75. The van der Waals surface area contributed by atoms with Crippen LogP contribution in [-0.4, -0.2) is 16.7 Å². The van der Waals surface area contributed by atoms with Gasteiger partial charge in [-0.1, -0.05) is 65.8 Å². The van der Waals surface area contributed by atoms with Gasteiger partial charge in [-0.05, 0) is 66.8 Å². The van der Waals surface area contributed by atoms with E-state index < -0.39 is 0 Å². The maximum atomic E-state index is 13.1. The molecule has 1 aromatic heterocycles. The van der Waals surface area contributed by atoms with Crippen molar-refractivity contribution in [1.82, 2.24) is 4.98 Å². The summed E-state index contributed by atoms with van der Waals surface area (Å²) in [5.74, 6) is 0.696. The number of carbonyl (C=O) groups is 1. The van der Waals surface area contributed by atoms with Gasteiger partial charge in [-0.15, -0.1) is 11.8 Å². The minimum absolute atomic E-state index is 0.140. The maximum Gasteiger partial charge on any atom is 0.313 e. The van der Waals surface area contributed by atoms with Crippen LogP contribution in [0.5, 0.6) is 0 Å². The van der Waals surface area contributed by atoms with Gasteiger partial charge < -0.3 is 9.72 Å². The number of benzene rings is 2. The van der Waals surface area contributed by atoms with Crippen LogP contribution in [-0.2, 0) is 22.6 Å². The Morgan fingerprint density at radius 1 is 1.22 bits per heavy atom. The van der Waals surface area contributed by atoms with Crippen molar-refractivity contribution < 1.29 is 9.53 Å². The van der Waals surface area contributed by atoms with E-state index in [1.54, 1.807) is 0 Å². The van der Waals surface area contributed by atoms with Crippen LogP contribution in [0.4, 0.5) is 0 Å². The Labute approximate surface area is 207 Å². The van der Waals surface area contributed by atoms with Crippen molar-refractivity contribution in [2.24, 2.45) is 0 Å². The third-order valence-electron chi connectivity index (χ3n) is 6.08. The summed E-state index contributed by atoms with van der Waals surface area (Å²) in [6.07, 6.45) is 7.73. The van der Waals surface area contributed by atoms with Crippen LogP contribution in [0, 0.1) is 0 Å². The molecule has 4 rings (SSSR count). The van der Waals surface area contributed by atoms with Crippen molar-refractivity contribution in [2.45, 2.75) is 69.3 Å². The number of halogens is 2. The number of thioether (sulfide) groups is 1. The van der Waals surface area contributed by atoms with Crippen LogP contribution < -0.4 is 0 Å². The molecule has 0 bridgehead atoms. The fourth-order valence-electron chi connectivity index (χ4n) is 4.39. The van der Waals surface area contributed by atoms with E-state index in [-0.39, 0.29) is 11.9 Å². The van der Waals surface area contributed by atoms with Crippen molar-refractivity contribution in [1.29, 1.82) is 0 Å². The number of aromatic nitrogens is 1. The average Bonchev–Trinajstić information content (AvgIpc) is 3.15. The number of aromatic amines is 1. The third kappa shape index (κ3) is 5.55. The number of fused-ring (bicyclic) bond motifs is 3. The van der Waals surface area contributed by atoms with E-state index in [1.165, 1.54) is 25.7 Å². The minimum Gasteiger partial charge on any atom is -0.460 e. The van der Waals surface area contributed by atoms with Gasteiger partial charge in [-0.3, -0.25) is 4.79 Å². The predicted molar refractivity (Wildman–Crippen MR) is 138 cm³/mol. The Morgan fingerprint density at radius 3 is 2.81 bits per heavy atom. The number of nitrogens with one attached hydrogen (secondary N) is 1. The van der Waals surface area contributed by atoms with Crippen LogP contribution in [0.3, 0.4) is 0 Å². The normalized spacial score (nSPS) is 15.7. The van der Waals surface area contributed by atoms with Gasteiger partial charge >= 0.3 is 5.97 Å². The number of hydrogen-bond donors (Lipinski definition) is 1. The summed E-state index contributed by atoms with van der Waals surface area (Å²) in [6.45, 7) is 2.53. The number of ether oxygens (including phenoxy) is 1. The van der Waals surface area contributed by atoms with Crippen LogP contribution in [0.1, 0.15) is 68.2 Å². The lowest BCUT2D eigenvalue weighted by Gasteiger charge is -2.22. The van der Waals surface area contributed by atoms with E-state index in [0.717, 1.165) is 67.1 Å². The number of aryl methyl sites for hydroxylation is 1. The molecule has 0 aliphatic heterocycles. The molecule has 1 atom stereocenters. The molecule has 170 valence electrons. The molecule has 0 saturated heterocycles. The van der Waals surface area contributed by atoms with E-state index in [1.807, 2.05) is 42.1 Å². The molecule has 2 aromatic carbocycles. The number of carbonyl (C=O) groups excluding carboxylic acids is 1. The van der Waals surface area contributed by atoms with Crippen LogP contribution in [0.25, 0.3) is 10.9 Å². The number of hydrogen-bond acceptors (Lipinski definition) is 3. The molecule has 0 amide bonds. The second-order valence-electron chi connectivity index (χ2n) is 8.43. The molecule has 6 heteroatoms. The lowest BCUT2D eigenvalue weighted by molar-refractivity contribution is -0.147. The van der Waals surface area contributed by atoms with Gasteiger partial charge in [-0.2, -0.15) is 0 Å². The molecule has 1 heterocycles. The molecule has 1 aliphatic carbocycles. The van der Waals surface area contributed by atoms with Crippen LogP contribution in [0.2, 0.25) is 5.02 Å². The van der Waals surface area contributed by atoms with E-state index in [2.05, 4.69) is 33.9 Å². The molecular weight excluding hydrogens is 506 g/mol. The average molecular weight is 535 g/mol. The number of unbranched alkanes of at least 4 members (excludes halogenated alkanes) is 3. The van der Waals surface area contributed by atoms with E-state index in [9.17, 15) is 4.79 Å². The molecule has 1 unspecified atom stereocenters. The van der Waals surface area contributed by atoms with Crippen molar-refractivity contribution in [3.05, 3.63) is 62.7 Å². The molecule has 0 fully saturated rings. The zero-order valence-corrected chi connectivity index (χ0v) is 21.5. The van der Waals surface area contributed by atoms with Gasteiger partial charge in [-0.25, -0.2) is 0 Å². The molecule has 0 saturated carbocycles. The SMILES string of the molecule is CCCCCCSc1cc2c3c([nH]c2cc1Cl)CCCC3C(=O)OCc1ccc(Br)cc1. The highest BCUT2D eigenvalue weighted by Gasteiger charge is 2.31. The second kappa shape index (κ2) is 11.1. The molecule has 0 radical (unpaired) electrons. The summed E-state index contributed by atoms with van der Waals surface area (Å²) in [5.41, 5.74) is 4.27. The Hall–Kier alpha value is -1.43. The fourth-order valence-corrected chi connectivity index (χ4v) is 5.95. The number of esters is 1. The topological polar surface area (TPSA) is 42.1 Å². The lowest BCUT2D eigenvalue weighted by atomic mass is 9.85. The molecule has 1 N–H and O–H groups in total. The number of rotatable bonds is 9. The van der Waals surface area contributed by atoms with Gasteiger partial charge in [0.05, 0.1) is 10.9 Å². The molecule has 0 spiro atoms. The van der Waals surface area contributed by atoms with E-state index in [4.69, 9.17) is 16.3 Å². The maximum absolute atomic E-state index is 13.1. The summed E-state index contributed by atoms with van der Waals surface area (Å²) >= 11 is 11.9. The van der Waals surface area contributed by atoms with Crippen LogP contribution >= 0.6 is 39.3 Å². The molecular formula is C26H29BrClNO2S. The van der Waals surface area contributed by atoms with Crippen molar-refractivity contribution in [2.75, 3.05) is 5.75 Å². The highest BCUT2D eigenvalue weighted by atomic mass is 79.9. The van der Waals surface area contributed by atoms with Crippen molar-refractivity contribution in [3.8, 4) is 0 Å². The van der Waals surface area contributed by atoms with Gasteiger partial charge in [0.25, 0.3) is 0 Å². The Morgan fingerprint density at radius 2 is 2.03 bits per heavy atom. The van der Waals surface area contributed by atoms with Gasteiger partial charge in [0.1, 0.15) is 6.61 Å². The summed E-state index contributed by atoms with van der Waals surface area (Å²) in [5, 5.41) is 1.90. The van der Waals surface area contributed by atoms with E-state index in [0.29, 0.717) is 6.61 Å². The largest absolute Gasteiger partial charge is 0.460 e. The van der Waals surface area contributed by atoms with Gasteiger partial charge in [0, 0.05) is 26.0 Å². The quantitative estimate of drug-likeness (QED) is 0.170. The first kappa shape index (κ1) is 23.7. The molecule has 1 aliphatic rings. The highest BCUT2D eigenvalue weighted by molar-refractivity contribution is 9.10. The third-order valence-corrected chi connectivity index (χ3v) is 8.17. The first-order valence-corrected chi connectivity index (χ1v) is 13.6. The first-order valence-electron chi connectivity index (χ1n) is 11.4. The molecule has 3 aromatic rings. The Balaban J connectivity index is 1.52. The Bertz CT molecular complexity index is 1080. The molecule has 32 heavy (non-hydrogen) atoms. The van der Waals surface area contributed by atoms with Crippen LogP contribution in [0.15, 0.2) is 45.8 Å². The zero-order chi connectivity index (χ0) is 22.5. The fraction of sp³-hybridized carbons (Fsp3) is 0.423. The van der Waals surface area contributed by atoms with Gasteiger partial charge in [0.15, 0.2) is 0 Å². The summed E-state index contributed by atoms with van der Waals surface area (Å²) in [7, 11) is 0. The van der Waals surface area contributed by atoms with Crippen molar-refractivity contribution >= 4 is 56.2 Å². The lowest BCUT2D eigenvalue weighted by Crippen LogP contribution is -2.20. The van der Waals surface area contributed by atoms with E-state index >= 15 is 0 Å². The first-order chi connectivity index (χ1) is 15.6. The Kier molecular flexibility index (Phi) is 8.25. The minimum atomic E-state index is -0.230. The van der Waals surface area contributed by atoms with Gasteiger partial charge in [0.2, 0.25) is 0 Å². The molecule has 3 nitrogen and oxygen atoms in total. The second-order valence-corrected chi connectivity index (χ2v) is 10.9. The van der Waals surface area contributed by atoms with Crippen molar-refractivity contribution in [3.63, 3.8) is 0 Å². The monoisotopic (exact) mass is 533 g/mol. The standard InChI is InChI=1S/C26H29BrClNO2S/c1-2-3-4-5-13-32-24-14-20-23(15-21(24)28)29-22-8-6-7-19(25(20)22)26(30)31-16-17-9-11-18(27)12-10-17/h9-12,14-15,19,29H,2-8,13,16H2,1H3. The predicted octanol–water partition coefficient (Wildman–Crippen LogP) is 8.42. The smallest absolute Gasteiger partial charge is 0.313 e. The highest BCUT2D eigenvalue weighted by Crippen LogP contribution is 2.41. The summed E-state index contributed by atoms with van der Waals surface area (Å²) in [4.78, 5) is 17.7.